The average Bonchev–Trinajstić information content (AvgIpc) is 2.90. The van der Waals surface area contributed by atoms with Crippen molar-refractivity contribution in [3.8, 4) is 33.4 Å². The van der Waals surface area contributed by atoms with Crippen LogP contribution in [0.5, 0.6) is 0 Å². The predicted octanol–water partition coefficient (Wildman–Crippen LogP) is 18.6. The van der Waals surface area contributed by atoms with Gasteiger partial charge in [-0.15, -0.1) is 0 Å². The number of aliphatic hydroxyl groups is 1. The van der Waals surface area contributed by atoms with Gasteiger partial charge in [0.15, 0.2) is 28.3 Å². The van der Waals surface area contributed by atoms with Crippen LogP contribution in [0.2, 0.25) is 36.3 Å². The summed E-state index contributed by atoms with van der Waals surface area (Å²) in [5, 5.41) is 27.2. The first-order valence-corrected chi connectivity index (χ1v) is 33.3. The van der Waals surface area contributed by atoms with Gasteiger partial charge in [0.25, 0.3) is 0 Å². The van der Waals surface area contributed by atoms with Crippen LogP contribution in [0.15, 0.2) is 155 Å². The molecule has 8 aromatic rings. The van der Waals surface area contributed by atoms with E-state index in [4.69, 9.17) is 17.9 Å². The Balaban J connectivity index is 0.000000208. The third kappa shape index (κ3) is 18.9. The van der Waals surface area contributed by atoms with Crippen LogP contribution in [0.3, 0.4) is 0 Å². The fourth-order valence-electron chi connectivity index (χ4n) is 8.28. The van der Waals surface area contributed by atoms with Crippen molar-refractivity contribution in [2.24, 2.45) is 0 Å². The third-order valence-corrected chi connectivity index (χ3v) is 24.1. The zero-order valence-corrected chi connectivity index (χ0v) is 51.8. The molecule has 8 rings (SSSR count). The Labute approximate surface area is 496 Å². The van der Waals surface area contributed by atoms with Crippen molar-refractivity contribution in [1.29, 1.82) is 0 Å². The fourth-order valence-corrected chi connectivity index (χ4v) is 10.9. The molecular weight excluding hydrogens is 1160 g/mol. The highest BCUT2D eigenvalue weighted by Gasteiger charge is 2.42. The SMILES string of the molecule is CC(C)(C)[Si](C)(C)OC(CC(=O)O)c1cccc(-c2ccc(C(F)(F)F)cc2)c1.Cc1noc(CC(O)c2cccc(-c3ccc(C(F)(F)F)cc3)c2)n1.Cc1noc(CC(O[Si](C)(C)C(C)(C)C)c2cccc(-c3ccc(C(F)(F)F)cc3)c2)n1. The van der Waals surface area contributed by atoms with Crippen LogP contribution in [0.25, 0.3) is 33.4 Å². The van der Waals surface area contributed by atoms with Crippen LogP contribution in [-0.4, -0.2) is 53.1 Å². The predicted molar refractivity (Wildman–Crippen MR) is 315 cm³/mol. The first-order chi connectivity index (χ1) is 39.8. The van der Waals surface area contributed by atoms with Gasteiger partial charge in [0.2, 0.25) is 11.8 Å². The number of aliphatic hydroxyl groups excluding tert-OH is 1. The van der Waals surface area contributed by atoms with Gasteiger partial charge in [-0.25, -0.2) is 0 Å². The van der Waals surface area contributed by atoms with E-state index in [0.717, 1.165) is 47.5 Å². The van der Waals surface area contributed by atoms with Gasteiger partial charge in [0.1, 0.15) is 0 Å². The number of carboxylic acid groups (broad SMARTS) is 1. The van der Waals surface area contributed by atoms with E-state index in [2.05, 4.69) is 88.0 Å². The monoisotopic (exact) mass is 1230 g/mol. The first-order valence-electron chi connectivity index (χ1n) is 27.5. The van der Waals surface area contributed by atoms with E-state index in [9.17, 15) is 54.5 Å². The maximum atomic E-state index is 12.9. The molecule has 2 heterocycles. The maximum Gasteiger partial charge on any atom is 0.416 e. The summed E-state index contributed by atoms with van der Waals surface area (Å²) in [6, 6.07) is 36.9. The molecule has 2 N–H and O–H groups in total. The minimum atomic E-state index is -4.38. The van der Waals surface area contributed by atoms with E-state index in [1.54, 1.807) is 62.4 Å². The molecule has 0 spiro atoms. The number of nitrogens with zero attached hydrogens (tertiary/aromatic N) is 4. The van der Waals surface area contributed by atoms with Crippen LogP contribution >= 0.6 is 0 Å². The molecule has 11 nitrogen and oxygen atoms in total. The number of aryl methyl sites for hydroxylation is 2. The molecule has 0 saturated heterocycles. The number of hydrogen-bond donors (Lipinski definition) is 2. The lowest BCUT2D eigenvalue weighted by molar-refractivity contribution is -0.139. The van der Waals surface area contributed by atoms with Gasteiger partial charge in [-0.3, -0.25) is 4.79 Å². The molecule has 0 saturated carbocycles. The highest BCUT2D eigenvalue weighted by molar-refractivity contribution is 6.74. The first kappa shape index (κ1) is 67.9. The lowest BCUT2D eigenvalue weighted by Crippen LogP contribution is -2.42. The van der Waals surface area contributed by atoms with Gasteiger partial charge in [0.05, 0.1) is 54.3 Å². The number of carbonyl (C=O) groups is 1. The topological polar surface area (TPSA) is 154 Å². The zero-order chi connectivity index (χ0) is 63.8. The minimum absolute atomic E-state index is 0.00104. The second kappa shape index (κ2) is 27.2. The van der Waals surface area contributed by atoms with Gasteiger partial charge in [0, 0.05) is 0 Å². The van der Waals surface area contributed by atoms with Gasteiger partial charge >= 0.3 is 24.5 Å². The zero-order valence-electron chi connectivity index (χ0n) is 49.8. The highest BCUT2D eigenvalue weighted by Crippen LogP contribution is 2.43. The number of hydrogen-bond acceptors (Lipinski definition) is 10. The lowest BCUT2D eigenvalue weighted by Gasteiger charge is -2.39. The molecule has 0 aliphatic carbocycles. The maximum absolute atomic E-state index is 12.9. The van der Waals surface area contributed by atoms with Crippen LogP contribution in [-0.2, 0) is 45.0 Å². The molecule has 0 radical (unpaired) electrons. The van der Waals surface area contributed by atoms with Gasteiger partial charge in [-0.05, 0) is 155 Å². The summed E-state index contributed by atoms with van der Waals surface area (Å²) >= 11 is 0. The Morgan fingerprint density at radius 3 is 1.10 bits per heavy atom. The van der Waals surface area contributed by atoms with E-state index in [1.807, 2.05) is 24.3 Å². The van der Waals surface area contributed by atoms with Crippen molar-refractivity contribution < 1.29 is 72.4 Å². The second-order valence-electron chi connectivity index (χ2n) is 23.8. The van der Waals surface area contributed by atoms with Crippen molar-refractivity contribution in [3.05, 3.63) is 202 Å². The quantitative estimate of drug-likeness (QED) is 0.0702. The van der Waals surface area contributed by atoms with E-state index >= 15 is 0 Å². The number of alkyl halides is 9. The Morgan fingerprint density at radius 2 is 0.791 bits per heavy atom. The molecule has 0 aliphatic rings. The molecular formula is C64H71F9N4O7Si2. The molecule has 0 bridgehead atoms. The van der Waals surface area contributed by atoms with E-state index in [0.29, 0.717) is 68.8 Å². The Bertz CT molecular complexity index is 3500. The highest BCUT2D eigenvalue weighted by atomic mass is 28.4. The molecule has 86 heavy (non-hydrogen) atoms. The van der Waals surface area contributed by atoms with Gasteiger partial charge in [-0.2, -0.15) is 49.5 Å². The van der Waals surface area contributed by atoms with Crippen LogP contribution in [0, 0.1) is 13.8 Å². The summed E-state index contributed by atoms with van der Waals surface area (Å²) in [6.45, 7) is 24.7. The summed E-state index contributed by atoms with van der Waals surface area (Å²) in [5.74, 6) is 0.898. The molecule has 3 unspecified atom stereocenters. The Hall–Kier alpha value is -7.25. The number of aliphatic carboxylic acids is 1. The van der Waals surface area contributed by atoms with Gasteiger partial charge in [-0.1, -0.05) is 143 Å². The molecule has 3 atom stereocenters. The molecule has 460 valence electrons. The van der Waals surface area contributed by atoms with Crippen LogP contribution in [0.1, 0.15) is 123 Å². The van der Waals surface area contributed by atoms with Crippen molar-refractivity contribution in [2.45, 2.75) is 148 Å². The summed E-state index contributed by atoms with van der Waals surface area (Å²) in [5.41, 5.74) is 4.39. The fraction of sp³-hybridized carbons (Fsp3) is 0.359. The summed E-state index contributed by atoms with van der Waals surface area (Å²) in [4.78, 5) is 19.8. The Kier molecular flexibility index (Phi) is 21.5. The largest absolute Gasteiger partial charge is 0.481 e. The number of benzene rings is 6. The average molecular weight is 1240 g/mol. The van der Waals surface area contributed by atoms with Crippen molar-refractivity contribution in [1.82, 2.24) is 20.3 Å². The molecule has 0 amide bonds. The normalized spacial score (nSPS) is 13.7. The molecule has 22 heteroatoms. The van der Waals surface area contributed by atoms with Crippen LogP contribution in [0.4, 0.5) is 39.5 Å². The standard InChI is InChI=1S/C24H29F3N2O2Si.C22H27F3O3Si.C18H15F3N2O2/c1-16-28-22(30-29-16)15-21(31-32(5,6)23(2,3)4)19-9-7-8-18(14-19)17-10-12-20(13-11-17)24(25,26)27;1-21(2,3)29(4,5)28-19(14-20(26)27)17-8-6-7-16(13-17)15-9-11-18(12-10-15)22(23,24)25;1-11-22-17(25-23-11)10-16(24)14-4-2-3-13(9-14)12-5-7-15(8-6-12)18(19,20)21/h7-14,21H,15H2,1-6H3;6-13,19H,14H2,1-5H3,(H,26,27);2-9,16,24H,10H2,1H3. The van der Waals surface area contributed by atoms with Crippen molar-refractivity contribution in [3.63, 3.8) is 0 Å². The number of rotatable bonds is 16. The molecule has 0 aliphatic heterocycles. The molecule has 6 aromatic carbocycles. The smallest absolute Gasteiger partial charge is 0.416 e. The summed E-state index contributed by atoms with van der Waals surface area (Å²) < 4.78 is 139. The van der Waals surface area contributed by atoms with E-state index < -0.39 is 70.0 Å². The Morgan fingerprint density at radius 1 is 0.477 bits per heavy atom. The minimum Gasteiger partial charge on any atom is -0.481 e. The third-order valence-electron chi connectivity index (χ3n) is 15.1. The number of carboxylic acids is 1. The lowest BCUT2D eigenvalue weighted by atomic mass is 9.98. The summed E-state index contributed by atoms with van der Waals surface area (Å²) in [7, 11) is -4.37. The second-order valence-corrected chi connectivity index (χ2v) is 33.3. The number of aromatic nitrogens is 4. The molecule has 0 fully saturated rings. The summed E-state index contributed by atoms with van der Waals surface area (Å²) in [6.07, 6.45) is -14.5. The van der Waals surface area contributed by atoms with E-state index in [-0.39, 0.29) is 29.0 Å². The van der Waals surface area contributed by atoms with Crippen LogP contribution < -0.4 is 0 Å². The number of halogens is 9. The van der Waals surface area contributed by atoms with Crippen molar-refractivity contribution in [2.75, 3.05) is 0 Å². The molecule has 2 aromatic heterocycles. The van der Waals surface area contributed by atoms with Gasteiger partial charge < -0.3 is 28.1 Å². The van der Waals surface area contributed by atoms with Crippen molar-refractivity contribution >= 4 is 22.6 Å². The van der Waals surface area contributed by atoms with E-state index in [1.165, 1.54) is 36.4 Å².